The van der Waals surface area contributed by atoms with E-state index in [4.69, 9.17) is 15.7 Å². The van der Waals surface area contributed by atoms with Gasteiger partial charge in [-0.05, 0) is 38.3 Å². The maximum Gasteiger partial charge on any atom is 0.124 e. The van der Waals surface area contributed by atoms with Crippen LogP contribution in [0.5, 0.6) is 5.75 Å². The molecule has 18 heavy (non-hydrogen) atoms. The van der Waals surface area contributed by atoms with Crippen LogP contribution in [0.3, 0.4) is 0 Å². The number of hydrogen-bond acceptors (Lipinski definition) is 3. The topological polar surface area (TPSA) is 59.0 Å². The molecule has 0 radical (unpaired) electrons. The summed E-state index contributed by atoms with van der Waals surface area (Å²) in [4.78, 5) is 0. The fraction of sp³-hybridized carbons (Fsp3) is 0.533. The van der Waals surface area contributed by atoms with Crippen LogP contribution in [0.1, 0.15) is 43.4 Å². The molecule has 1 aliphatic carbocycles. The van der Waals surface area contributed by atoms with Crippen molar-refractivity contribution in [3.63, 3.8) is 0 Å². The van der Waals surface area contributed by atoms with Gasteiger partial charge >= 0.3 is 0 Å². The molecule has 96 valence electrons. The van der Waals surface area contributed by atoms with Crippen molar-refractivity contribution in [3.8, 4) is 11.8 Å². The van der Waals surface area contributed by atoms with E-state index in [1.54, 1.807) is 0 Å². The Balaban J connectivity index is 2.09. The van der Waals surface area contributed by atoms with Gasteiger partial charge in [-0.1, -0.05) is 12.1 Å². The molecule has 0 aliphatic heterocycles. The quantitative estimate of drug-likeness (QED) is 0.865. The number of nitrogens with zero attached hydrogens (tertiary/aromatic N) is 1. The monoisotopic (exact) mass is 244 g/mol. The van der Waals surface area contributed by atoms with Gasteiger partial charge in [0.05, 0.1) is 12.7 Å². The first kappa shape index (κ1) is 12.9. The summed E-state index contributed by atoms with van der Waals surface area (Å²) in [5, 5.41) is 8.80. The van der Waals surface area contributed by atoms with E-state index < -0.39 is 0 Å². The normalized spacial score (nSPS) is 17.9. The van der Waals surface area contributed by atoms with Gasteiger partial charge < -0.3 is 10.5 Å². The lowest BCUT2D eigenvalue weighted by molar-refractivity contribution is 0.234. The Morgan fingerprint density at radius 1 is 1.50 bits per heavy atom. The standard InChI is InChI=1S/C15H20N2O/c1-11-3-4-13(12(2)17)14(9-11)18-10-15(5-6-15)7-8-16/h3-4,9,12H,5-7,10,17H2,1-2H3/t12-/m1/s1. The molecule has 0 spiro atoms. The van der Waals surface area contributed by atoms with Gasteiger partial charge in [0.2, 0.25) is 0 Å². The highest BCUT2D eigenvalue weighted by molar-refractivity contribution is 5.39. The molecule has 0 unspecified atom stereocenters. The Kier molecular flexibility index (Phi) is 3.58. The van der Waals surface area contributed by atoms with Gasteiger partial charge in [-0.3, -0.25) is 0 Å². The molecule has 1 aromatic rings. The average Bonchev–Trinajstić information content (AvgIpc) is 3.07. The number of benzene rings is 1. The molecule has 1 aromatic carbocycles. The fourth-order valence-corrected chi connectivity index (χ4v) is 2.09. The zero-order valence-corrected chi connectivity index (χ0v) is 11.1. The SMILES string of the molecule is Cc1ccc([C@@H](C)N)c(OCC2(CC#N)CC2)c1. The molecule has 0 aromatic heterocycles. The van der Waals surface area contributed by atoms with Crippen LogP contribution in [0.2, 0.25) is 0 Å². The van der Waals surface area contributed by atoms with Crippen LogP contribution < -0.4 is 10.5 Å². The molecule has 1 atom stereocenters. The molecule has 1 saturated carbocycles. The maximum atomic E-state index is 8.80. The van der Waals surface area contributed by atoms with E-state index >= 15 is 0 Å². The molecule has 0 saturated heterocycles. The van der Waals surface area contributed by atoms with Crippen LogP contribution in [0.25, 0.3) is 0 Å². The third kappa shape index (κ3) is 2.83. The first-order valence-corrected chi connectivity index (χ1v) is 6.42. The minimum absolute atomic E-state index is 0.0354. The van der Waals surface area contributed by atoms with Crippen molar-refractivity contribution < 1.29 is 4.74 Å². The molecule has 3 heteroatoms. The summed E-state index contributed by atoms with van der Waals surface area (Å²) < 4.78 is 5.93. The zero-order valence-electron chi connectivity index (χ0n) is 11.1. The summed E-state index contributed by atoms with van der Waals surface area (Å²) in [5.74, 6) is 0.870. The number of aryl methyl sites for hydroxylation is 1. The molecule has 2 rings (SSSR count). The van der Waals surface area contributed by atoms with Gasteiger partial charge in [0.25, 0.3) is 0 Å². The molecular weight excluding hydrogens is 224 g/mol. The number of nitriles is 1. The van der Waals surface area contributed by atoms with E-state index in [9.17, 15) is 0 Å². The minimum atomic E-state index is -0.0354. The molecule has 1 fully saturated rings. The third-order valence-electron chi connectivity index (χ3n) is 3.60. The van der Waals surface area contributed by atoms with Crippen molar-refractivity contribution >= 4 is 0 Å². The lowest BCUT2D eigenvalue weighted by atomic mass is 10.0. The first-order valence-electron chi connectivity index (χ1n) is 6.42. The molecule has 1 aliphatic rings. The highest BCUT2D eigenvalue weighted by atomic mass is 16.5. The first-order chi connectivity index (χ1) is 8.56. The van der Waals surface area contributed by atoms with Crippen molar-refractivity contribution in [1.29, 1.82) is 5.26 Å². The van der Waals surface area contributed by atoms with Crippen molar-refractivity contribution in [2.75, 3.05) is 6.61 Å². The summed E-state index contributed by atoms with van der Waals surface area (Å²) in [6.45, 7) is 4.63. The number of hydrogen-bond donors (Lipinski definition) is 1. The van der Waals surface area contributed by atoms with E-state index in [1.165, 1.54) is 5.56 Å². The van der Waals surface area contributed by atoms with E-state index in [-0.39, 0.29) is 11.5 Å². The van der Waals surface area contributed by atoms with Crippen molar-refractivity contribution in [2.24, 2.45) is 11.1 Å². The Labute approximate surface area is 109 Å². The molecule has 0 amide bonds. The number of ether oxygens (including phenoxy) is 1. The highest BCUT2D eigenvalue weighted by Gasteiger charge is 2.43. The van der Waals surface area contributed by atoms with E-state index in [0.29, 0.717) is 13.0 Å². The minimum Gasteiger partial charge on any atom is -0.493 e. The van der Waals surface area contributed by atoms with Gasteiger partial charge in [-0.2, -0.15) is 5.26 Å². The second-order valence-corrected chi connectivity index (χ2v) is 5.45. The van der Waals surface area contributed by atoms with E-state index in [1.807, 2.05) is 32.0 Å². The summed E-state index contributed by atoms with van der Waals surface area (Å²) in [7, 11) is 0. The number of nitrogens with two attached hydrogens (primary N) is 1. The van der Waals surface area contributed by atoms with Crippen LogP contribution in [-0.2, 0) is 0 Å². The summed E-state index contributed by atoms with van der Waals surface area (Å²) >= 11 is 0. The van der Waals surface area contributed by atoms with Crippen LogP contribution in [0, 0.1) is 23.7 Å². The second kappa shape index (κ2) is 4.99. The smallest absolute Gasteiger partial charge is 0.124 e. The van der Waals surface area contributed by atoms with Gasteiger partial charge in [0.15, 0.2) is 0 Å². The van der Waals surface area contributed by atoms with Crippen molar-refractivity contribution in [2.45, 2.75) is 39.2 Å². The predicted octanol–water partition coefficient (Wildman–Crippen LogP) is 3.09. The zero-order chi connectivity index (χ0) is 13.2. The second-order valence-electron chi connectivity index (χ2n) is 5.45. The summed E-state index contributed by atoms with van der Waals surface area (Å²) in [6, 6.07) is 8.32. The average molecular weight is 244 g/mol. The van der Waals surface area contributed by atoms with Gasteiger partial charge in [-0.25, -0.2) is 0 Å². The van der Waals surface area contributed by atoms with Crippen LogP contribution >= 0.6 is 0 Å². The Morgan fingerprint density at radius 2 is 2.22 bits per heavy atom. The molecule has 2 N–H and O–H groups in total. The molecular formula is C15H20N2O. The fourth-order valence-electron chi connectivity index (χ4n) is 2.09. The lowest BCUT2D eigenvalue weighted by Crippen LogP contribution is -2.15. The van der Waals surface area contributed by atoms with Crippen molar-refractivity contribution in [3.05, 3.63) is 29.3 Å². The number of rotatable bonds is 5. The summed E-state index contributed by atoms with van der Waals surface area (Å²) in [5.41, 5.74) is 8.25. The van der Waals surface area contributed by atoms with Crippen LogP contribution in [-0.4, -0.2) is 6.61 Å². The van der Waals surface area contributed by atoms with Crippen molar-refractivity contribution in [1.82, 2.24) is 0 Å². The predicted molar refractivity (Wildman–Crippen MR) is 71.2 cm³/mol. The third-order valence-corrected chi connectivity index (χ3v) is 3.60. The summed E-state index contributed by atoms with van der Waals surface area (Å²) in [6.07, 6.45) is 2.78. The van der Waals surface area contributed by atoms with E-state index in [0.717, 1.165) is 24.2 Å². The van der Waals surface area contributed by atoms with Crippen LogP contribution in [0.4, 0.5) is 0 Å². The largest absolute Gasteiger partial charge is 0.493 e. The molecule has 0 heterocycles. The van der Waals surface area contributed by atoms with Gasteiger partial charge in [0.1, 0.15) is 5.75 Å². The van der Waals surface area contributed by atoms with Gasteiger partial charge in [0, 0.05) is 23.4 Å². The lowest BCUT2D eigenvalue weighted by Gasteiger charge is -2.18. The Bertz CT molecular complexity index is 470. The Hall–Kier alpha value is -1.53. The Morgan fingerprint density at radius 3 is 2.78 bits per heavy atom. The highest BCUT2D eigenvalue weighted by Crippen LogP contribution is 2.48. The van der Waals surface area contributed by atoms with E-state index in [2.05, 4.69) is 6.07 Å². The van der Waals surface area contributed by atoms with Gasteiger partial charge in [-0.15, -0.1) is 0 Å². The maximum absolute atomic E-state index is 8.80. The molecule has 0 bridgehead atoms. The molecule has 3 nitrogen and oxygen atoms in total. The van der Waals surface area contributed by atoms with Crippen LogP contribution in [0.15, 0.2) is 18.2 Å².